The maximum absolute atomic E-state index is 8.78. The Labute approximate surface area is 134 Å². The monoisotopic (exact) mass is 469 g/mol. The third kappa shape index (κ3) is 6.49. The Kier molecular flexibility index (Phi) is 9.45. The van der Waals surface area contributed by atoms with Crippen LogP contribution < -0.4 is 5.23 Å². The quantitative estimate of drug-likeness (QED) is 0.375. The average molecular weight is 469 g/mol. The first-order valence-electron chi connectivity index (χ1n) is 5.29. The van der Waals surface area contributed by atoms with Crippen molar-refractivity contribution in [2.75, 3.05) is 18.8 Å². The molecule has 0 aliphatic rings. The van der Waals surface area contributed by atoms with E-state index in [9.17, 15) is 0 Å². The molecule has 1 rings (SSSR count). The zero-order valence-corrected chi connectivity index (χ0v) is 13.7. The Morgan fingerprint density at radius 3 is 2.17 bits per heavy atom. The fraction of sp³-hybridized carbons (Fsp3) is 0.455. The van der Waals surface area contributed by atoms with E-state index >= 15 is 0 Å². The minimum Gasteiger partial charge on any atom is -0.800 e. The number of benzene rings is 1. The van der Waals surface area contributed by atoms with E-state index in [4.69, 9.17) is 35.7 Å². The molecule has 1 radical (unpaired) electrons. The normalized spacial score (nSPS) is 10.6. The Morgan fingerprint density at radius 2 is 1.72 bits per heavy atom. The van der Waals surface area contributed by atoms with Crippen molar-refractivity contribution in [3.8, 4) is 0 Å². The minimum atomic E-state index is -0.255. The number of nitrogens with zero attached hydrogens (tertiary/aromatic N) is 2. The van der Waals surface area contributed by atoms with Gasteiger partial charge in [0.1, 0.15) is 0 Å². The summed E-state index contributed by atoms with van der Waals surface area (Å²) in [5.41, 5.74) is 1.50. The summed E-state index contributed by atoms with van der Waals surface area (Å²) in [6, 6.07) is 7.05. The first-order chi connectivity index (χ1) is 8.00. The molecule has 7 heteroatoms. The van der Waals surface area contributed by atoms with Crippen molar-refractivity contribution in [2.45, 2.75) is 17.5 Å². The number of rotatable bonds is 6. The molecule has 0 saturated carbocycles. The van der Waals surface area contributed by atoms with Gasteiger partial charge in [0.05, 0.1) is 5.69 Å². The molecule has 0 fully saturated rings. The van der Waals surface area contributed by atoms with E-state index in [1.165, 1.54) is 0 Å². The van der Waals surface area contributed by atoms with Gasteiger partial charge in [-0.2, -0.15) is 0 Å². The Hall–Kier alpha value is 0.340. The van der Waals surface area contributed by atoms with E-state index in [2.05, 4.69) is 0 Å². The van der Waals surface area contributed by atoms with Crippen LogP contribution in [-0.4, -0.2) is 33.6 Å². The summed E-state index contributed by atoms with van der Waals surface area (Å²) in [6.07, 6.45) is 1.89. The molecule has 0 heterocycles. The van der Waals surface area contributed by atoms with E-state index in [0.29, 0.717) is 5.69 Å². The van der Waals surface area contributed by atoms with Crippen LogP contribution in [0.2, 0.25) is 0 Å². The van der Waals surface area contributed by atoms with Crippen LogP contribution in [0.3, 0.4) is 0 Å². The van der Waals surface area contributed by atoms with Gasteiger partial charge in [-0.25, -0.2) is 4.71 Å². The fourth-order valence-corrected chi connectivity index (χ4v) is 1.64. The van der Waals surface area contributed by atoms with Crippen LogP contribution in [-0.2, 0) is 54.1 Å². The SMILES string of the molecule is CN(CCCc1ccc(N(O)O)cc1)C([S-])[S-].[Au]. The summed E-state index contributed by atoms with van der Waals surface area (Å²) < 4.78 is -0.255. The Balaban J connectivity index is 0.00000289. The van der Waals surface area contributed by atoms with Gasteiger partial charge >= 0.3 is 0 Å². The first kappa shape index (κ1) is 18.3. The molecule has 107 valence electrons. The Bertz CT molecular complexity index is 336. The summed E-state index contributed by atoms with van der Waals surface area (Å²) in [5.74, 6) is 0. The minimum absolute atomic E-state index is 0. The molecule has 0 aromatic heterocycles. The van der Waals surface area contributed by atoms with E-state index in [1.807, 2.05) is 24.1 Å². The predicted molar refractivity (Wildman–Crippen MR) is 72.0 cm³/mol. The molecule has 0 saturated heterocycles. The molecule has 1 aromatic carbocycles. The second kappa shape index (κ2) is 9.28. The summed E-state index contributed by atoms with van der Waals surface area (Å²) in [4.78, 5) is 1.95. The van der Waals surface area contributed by atoms with E-state index < -0.39 is 0 Å². The number of hydrogen-bond donors (Lipinski definition) is 2. The van der Waals surface area contributed by atoms with Crippen LogP contribution in [0.5, 0.6) is 0 Å². The maximum Gasteiger partial charge on any atom is 0.0942 e. The third-order valence-corrected chi connectivity index (χ3v) is 3.22. The summed E-state index contributed by atoms with van der Waals surface area (Å²) in [5, 5.41) is 17.7. The van der Waals surface area contributed by atoms with E-state index in [0.717, 1.165) is 24.9 Å². The van der Waals surface area contributed by atoms with Gasteiger partial charge in [-0.05, 0) is 44.1 Å². The molecule has 0 spiro atoms. The number of hydrogen-bond acceptors (Lipinski definition) is 6. The number of aryl methyl sites for hydroxylation is 1. The number of anilines is 1. The van der Waals surface area contributed by atoms with Gasteiger partial charge in [-0.1, -0.05) is 12.1 Å². The molecule has 0 unspecified atom stereocenters. The van der Waals surface area contributed by atoms with Crippen molar-refractivity contribution < 1.29 is 32.8 Å². The van der Waals surface area contributed by atoms with Crippen LogP contribution in [0, 0.1) is 0 Å². The average Bonchev–Trinajstić information content (AvgIpc) is 2.29. The van der Waals surface area contributed by atoms with Gasteiger partial charge in [0.15, 0.2) is 0 Å². The van der Waals surface area contributed by atoms with Crippen LogP contribution in [0.1, 0.15) is 12.0 Å². The summed E-state index contributed by atoms with van der Waals surface area (Å²) in [6.45, 7) is 0.867. The van der Waals surface area contributed by atoms with Gasteiger partial charge in [-0.3, -0.25) is 10.4 Å². The largest absolute Gasteiger partial charge is 0.800 e. The van der Waals surface area contributed by atoms with Crippen molar-refractivity contribution in [3.63, 3.8) is 0 Å². The molecule has 0 bridgehead atoms. The molecule has 4 nitrogen and oxygen atoms in total. The van der Waals surface area contributed by atoms with Crippen molar-refractivity contribution in [2.24, 2.45) is 0 Å². The van der Waals surface area contributed by atoms with E-state index in [-0.39, 0.29) is 32.3 Å². The standard InChI is InChI=1S/C11H18N2O2S2.Au/c1-12(11(16)17)8-2-3-9-4-6-10(7-5-9)13(14)15;/h4-7,11,14-17H,2-3,8H2,1H3;/p-2. The van der Waals surface area contributed by atoms with Gasteiger partial charge in [-0.15, -0.1) is 5.23 Å². The first-order valence-corrected chi connectivity index (χ1v) is 6.23. The van der Waals surface area contributed by atoms with Gasteiger partial charge in [0, 0.05) is 22.4 Å². The summed E-state index contributed by atoms with van der Waals surface area (Å²) in [7, 11) is 1.92. The maximum atomic E-state index is 8.78. The van der Waals surface area contributed by atoms with E-state index in [1.54, 1.807) is 12.1 Å². The third-order valence-electron chi connectivity index (χ3n) is 2.50. The molecular weight excluding hydrogens is 453 g/mol. The molecule has 0 amide bonds. The van der Waals surface area contributed by atoms with Crippen molar-refractivity contribution in [1.82, 2.24) is 4.90 Å². The smallest absolute Gasteiger partial charge is 0.0942 e. The molecular formula is C11H16AuN2O2S2-2. The zero-order valence-electron chi connectivity index (χ0n) is 9.91. The molecule has 0 aliphatic carbocycles. The molecule has 0 aliphatic heterocycles. The Morgan fingerprint density at radius 1 is 1.17 bits per heavy atom. The molecule has 18 heavy (non-hydrogen) atoms. The second-order valence-electron chi connectivity index (χ2n) is 3.85. The van der Waals surface area contributed by atoms with Crippen molar-refractivity contribution >= 4 is 30.9 Å². The van der Waals surface area contributed by atoms with Crippen molar-refractivity contribution in [3.05, 3.63) is 29.8 Å². The van der Waals surface area contributed by atoms with Crippen LogP contribution >= 0.6 is 0 Å². The van der Waals surface area contributed by atoms with Crippen molar-refractivity contribution in [1.29, 1.82) is 0 Å². The van der Waals surface area contributed by atoms with Gasteiger partial charge < -0.3 is 30.2 Å². The fourth-order valence-electron chi connectivity index (χ4n) is 1.43. The summed E-state index contributed by atoms with van der Waals surface area (Å²) >= 11 is 9.91. The van der Waals surface area contributed by atoms with Gasteiger partial charge in [0.2, 0.25) is 0 Å². The van der Waals surface area contributed by atoms with Crippen LogP contribution in [0.15, 0.2) is 24.3 Å². The van der Waals surface area contributed by atoms with Gasteiger partial charge in [0.25, 0.3) is 0 Å². The molecule has 1 aromatic rings. The second-order valence-corrected chi connectivity index (χ2v) is 5.04. The topological polar surface area (TPSA) is 46.9 Å². The predicted octanol–water partition coefficient (Wildman–Crippen LogP) is 1.51. The van der Waals surface area contributed by atoms with Crippen LogP contribution in [0.4, 0.5) is 5.69 Å². The molecule has 0 atom stereocenters. The van der Waals surface area contributed by atoms with Crippen LogP contribution in [0.25, 0.3) is 0 Å². The molecule has 2 N–H and O–H groups in total. The zero-order chi connectivity index (χ0) is 12.8.